The third-order valence-electron chi connectivity index (χ3n) is 10.0. The van der Waals surface area contributed by atoms with Gasteiger partial charge in [-0.2, -0.15) is 5.10 Å². The number of nitrogens with one attached hydrogen (secondary N) is 3. The molecule has 61 heavy (non-hydrogen) atoms. The molecule has 4 aromatic rings. The van der Waals surface area contributed by atoms with Gasteiger partial charge in [0.2, 0.25) is 11.8 Å². The van der Waals surface area contributed by atoms with Gasteiger partial charge in [0.1, 0.15) is 35.3 Å². The van der Waals surface area contributed by atoms with E-state index in [-0.39, 0.29) is 42.8 Å². The molecule has 2 aliphatic rings. The van der Waals surface area contributed by atoms with Crippen molar-refractivity contribution in [3.8, 4) is 39.6 Å². The number of ether oxygens (including phenoxy) is 4. The first-order valence-electron chi connectivity index (χ1n) is 20.0. The summed E-state index contributed by atoms with van der Waals surface area (Å²) in [5, 5.41) is 12.8. The average Bonchev–Trinajstić information content (AvgIpc) is 3.59. The summed E-state index contributed by atoms with van der Waals surface area (Å²) >= 11 is 0. The smallest absolute Gasteiger partial charge is 0.407 e. The van der Waals surface area contributed by atoms with E-state index in [1.54, 1.807) is 50.1 Å². The van der Waals surface area contributed by atoms with Crippen molar-refractivity contribution < 1.29 is 46.9 Å². The number of anilines is 1. The van der Waals surface area contributed by atoms with E-state index in [1.807, 2.05) is 13.8 Å². The maximum atomic E-state index is 14.7. The van der Waals surface area contributed by atoms with Gasteiger partial charge in [0.05, 0.1) is 55.2 Å². The van der Waals surface area contributed by atoms with Crippen molar-refractivity contribution in [1.82, 2.24) is 30.3 Å². The molecule has 0 saturated carbocycles. The monoisotopic (exact) mass is 846 g/mol. The zero-order valence-electron chi connectivity index (χ0n) is 35.2. The van der Waals surface area contributed by atoms with Gasteiger partial charge in [0, 0.05) is 66.6 Å². The average molecular weight is 847 g/mol. The number of halogens is 2. The van der Waals surface area contributed by atoms with E-state index in [1.165, 1.54) is 18.0 Å². The van der Waals surface area contributed by atoms with Crippen molar-refractivity contribution in [2.45, 2.75) is 84.1 Å². The van der Waals surface area contributed by atoms with E-state index < -0.39 is 40.8 Å². The molecule has 0 unspecified atom stereocenters. The minimum Gasteiger partial charge on any atom is -0.496 e. The number of pyridine rings is 1. The highest BCUT2D eigenvalue weighted by atomic mass is 19.1. The topological polar surface area (TPSA) is 201 Å². The molecule has 0 bridgehead atoms. The van der Waals surface area contributed by atoms with Crippen LogP contribution in [0.3, 0.4) is 0 Å². The molecule has 6 rings (SSSR count). The molecular weight excluding hydrogens is 795 g/mol. The fourth-order valence-corrected chi connectivity index (χ4v) is 7.09. The van der Waals surface area contributed by atoms with Gasteiger partial charge in [-0.25, -0.2) is 18.3 Å². The number of rotatable bonds is 14. The molecule has 4 amide bonds. The molecule has 18 heteroatoms. The van der Waals surface area contributed by atoms with Crippen molar-refractivity contribution in [3.05, 3.63) is 71.7 Å². The first-order valence-corrected chi connectivity index (χ1v) is 20.0. The highest BCUT2D eigenvalue weighted by Crippen LogP contribution is 2.46. The number of carbonyl (C=O) groups is 4. The van der Waals surface area contributed by atoms with Gasteiger partial charge in [-0.1, -0.05) is 0 Å². The number of fused-ring (bicyclic) bond motifs is 3. The Hall–Kier alpha value is -6.14. The fourth-order valence-electron chi connectivity index (χ4n) is 7.09. The van der Waals surface area contributed by atoms with E-state index in [0.717, 1.165) is 18.2 Å². The molecule has 1 fully saturated rings. The highest BCUT2D eigenvalue weighted by molar-refractivity contribution is 5.98. The lowest BCUT2D eigenvalue weighted by Gasteiger charge is -2.41. The Morgan fingerprint density at radius 1 is 0.984 bits per heavy atom. The fraction of sp³-hybridized carbons (Fsp3) is 0.442. The molecule has 326 valence electrons. The van der Waals surface area contributed by atoms with Crippen molar-refractivity contribution in [3.63, 3.8) is 0 Å². The summed E-state index contributed by atoms with van der Waals surface area (Å²) in [6.45, 7) is 10.5. The number of alkyl carbamates (subject to hydrolysis) is 1. The first-order chi connectivity index (χ1) is 28.9. The summed E-state index contributed by atoms with van der Waals surface area (Å²) in [6, 6.07) is 7.37. The molecule has 0 spiro atoms. The predicted molar refractivity (Wildman–Crippen MR) is 221 cm³/mol. The van der Waals surface area contributed by atoms with E-state index >= 15 is 0 Å². The van der Waals surface area contributed by atoms with Crippen LogP contribution in [0.4, 0.5) is 19.3 Å². The van der Waals surface area contributed by atoms with Crippen LogP contribution in [0.5, 0.6) is 11.5 Å². The zero-order valence-corrected chi connectivity index (χ0v) is 35.2. The summed E-state index contributed by atoms with van der Waals surface area (Å²) in [5.74, 6) is -2.02. The summed E-state index contributed by atoms with van der Waals surface area (Å²) in [4.78, 5) is 57.6. The lowest BCUT2D eigenvalue weighted by molar-refractivity contribution is -0.122. The summed E-state index contributed by atoms with van der Waals surface area (Å²) in [7, 11) is 1.49. The van der Waals surface area contributed by atoms with Crippen LogP contribution < -0.4 is 31.2 Å². The standard InChI is InChI=1S/C43H52F2N8O8/c1-42(2,3)61-41(57)49-11-8-7-9-33(46)39(55)48-12-10-36(54)50-28-15-25(21-47-22-28)30-19-31-35(20-34(30)58-6)60-23-32-37(40(56)52-13-14-59-24-43(52,4)5)51-53(38(31)32)29-17-26(44)16-27(45)18-29/h15-22,33H,7-14,23-24,46H2,1-6H3,(H,48,55)(H,49,57)(H,50,54)/t33-/m1/s1. The molecule has 1 atom stereocenters. The number of nitrogens with zero attached hydrogens (tertiary/aromatic N) is 4. The van der Waals surface area contributed by atoms with E-state index in [4.69, 9.17) is 24.7 Å². The Balaban J connectivity index is 1.17. The number of amides is 4. The third-order valence-corrected chi connectivity index (χ3v) is 10.0. The number of morpholine rings is 1. The predicted octanol–water partition coefficient (Wildman–Crippen LogP) is 5.50. The molecule has 2 aromatic heterocycles. The van der Waals surface area contributed by atoms with Crippen molar-refractivity contribution in [1.29, 1.82) is 0 Å². The second kappa shape index (κ2) is 18.6. The quantitative estimate of drug-likeness (QED) is 0.117. The number of carbonyl (C=O) groups excluding carboxylic acids is 4. The number of methoxy groups -OCH3 is 1. The maximum absolute atomic E-state index is 14.7. The number of hydrogen-bond donors (Lipinski definition) is 4. The summed E-state index contributed by atoms with van der Waals surface area (Å²) in [5.41, 5.74) is 7.68. The van der Waals surface area contributed by atoms with Crippen LogP contribution in [0, 0.1) is 11.6 Å². The molecule has 0 radical (unpaired) electrons. The Kier molecular flexibility index (Phi) is 13.6. The minimum absolute atomic E-state index is 0.0435. The van der Waals surface area contributed by atoms with Crippen LogP contribution >= 0.6 is 0 Å². The lowest BCUT2D eigenvalue weighted by Crippen LogP contribution is -2.55. The van der Waals surface area contributed by atoms with Gasteiger partial charge in [-0.3, -0.25) is 19.4 Å². The Morgan fingerprint density at radius 3 is 2.44 bits per heavy atom. The number of hydrogen-bond acceptors (Lipinski definition) is 11. The van der Waals surface area contributed by atoms with E-state index in [9.17, 15) is 28.0 Å². The lowest BCUT2D eigenvalue weighted by atomic mass is 9.95. The van der Waals surface area contributed by atoms with Gasteiger partial charge in [-0.15, -0.1) is 0 Å². The van der Waals surface area contributed by atoms with Crippen LogP contribution in [-0.4, -0.2) is 101 Å². The number of nitrogens with two attached hydrogens (primary N) is 1. The molecule has 0 aliphatic carbocycles. The molecule has 2 aliphatic heterocycles. The molecule has 1 saturated heterocycles. The summed E-state index contributed by atoms with van der Waals surface area (Å²) < 4.78 is 53.5. The second-order valence-electron chi connectivity index (χ2n) is 16.5. The Labute approximate surface area is 352 Å². The Bertz CT molecular complexity index is 2270. The van der Waals surface area contributed by atoms with Crippen LogP contribution in [0.15, 0.2) is 48.8 Å². The highest BCUT2D eigenvalue weighted by Gasteiger charge is 2.39. The van der Waals surface area contributed by atoms with Crippen molar-refractivity contribution >= 4 is 29.5 Å². The van der Waals surface area contributed by atoms with Gasteiger partial charge >= 0.3 is 6.09 Å². The first kappa shape index (κ1) is 44.4. The molecule has 4 heterocycles. The molecule has 2 aromatic carbocycles. The molecule has 5 N–H and O–H groups in total. The van der Waals surface area contributed by atoms with Gasteiger partial charge in [-0.05, 0) is 78.1 Å². The van der Waals surface area contributed by atoms with E-state index in [0.29, 0.717) is 90.7 Å². The molecule has 16 nitrogen and oxygen atoms in total. The molecular formula is C43H52F2N8O8. The van der Waals surface area contributed by atoms with Crippen LogP contribution in [0.2, 0.25) is 0 Å². The number of aromatic nitrogens is 3. The van der Waals surface area contributed by atoms with Crippen molar-refractivity contribution in [2.24, 2.45) is 5.73 Å². The van der Waals surface area contributed by atoms with Crippen LogP contribution in [-0.2, 0) is 25.7 Å². The van der Waals surface area contributed by atoms with Gasteiger partial charge in [0.25, 0.3) is 5.91 Å². The van der Waals surface area contributed by atoms with E-state index in [2.05, 4.69) is 26.0 Å². The van der Waals surface area contributed by atoms with Crippen molar-refractivity contribution in [2.75, 3.05) is 45.3 Å². The third kappa shape index (κ3) is 10.8. The Morgan fingerprint density at radius 2 is 1.74 bits per heavy atom. The maximum Gasteiger partial charge on any atom is 0.407 e. The minimum atomic E-state index is -0.821. The second-order valence-corrected chi connectivity index (χ2v) is 16.5. The largest absolute Gasteiger partial charge is 0.496 e. The zero-order chi connectivity index (χ0) is 44.1. The summed E-state index contributed by atoms with van der Waals surface area (Å²) in [6.07, 6.45) is 4.10. The van der Waals surface area contributed by atoms with Gasteiger partial charge < -0.3 is 45.5 Å². The SMILES string of the molecule is COc1cc2c(cc1-c1cncc(NC(=O)CCNC(=O)[C@H](N)CCCCNC(=O)OC(C)(C)C)c1)-c1c(c(C(=O)N3CCOCC3(C)C)nn1-c1cc(F)cc(F)c1)CO2. The van der Waals surface area contributed by atoms with Gasteiger partial charge in [0.15, 0.2) is 5.69 Å². The normalized spacial score (nSPS) is 14.8. The number of benzene rings is 2. The van der Waals surface area contributed by atoms with Crippen LogP contribution in [0.1, 0.15) is 76.4 Å². The van der Waals surface area contributed by atoms with Crippen LogP contribution in [0.25, 0.3) is 28.1 Å². The number of unbranched alkanes of at least 4 members (excludes halogenated alkanes) is 1.